The SMILES string of the molecule is Cc1cc(OCCN(C)C)nc(N)n1. The first-order valence-corrected chi connectivity index (χ1v) is 4.46. The van der Waals surface area contributed by atoms with E-state index in [1.165, 1.54) is 0 Å². The number of anilines is 1. The number of hydrogen-bond acceptors (Lipinski definition) is 5. The van der Waals surface area contributed by atoms with Crippen LogP contribution in [0.4, 0.5) is 5.95 Å². The van der Waals surface area contributed by atoms with Gasteiger partial charge in [-0.25, -0.2) is 4.98 Å². The predicted octanol–water partition coefficient (Wildman–Crippen LogP) is 0.308. The van der Waals surface area contributed by atoms with Crippen LogP contribution < -0.4 is 10.5 Å². The maximum Gasteiger partial charge on any atom is 0.223 e. The number of aryl methyl sites for hydroxylation is 1. The van der Waals surface area contributed by atoms with E-state index in [4.69, 9.17) is 10.5 Å². The monoisotopic (exact) mass is 196 g/mol. The van der Waals surface area contributed by atoms with Crippen molar-refractivity contribution in [2.45, 2.75) is 6.92 Å². The molecule has 2 N–H and O–H groups in total. The van der Waals surface area contributed by atoms with Gasteiger partial charge in [-0.15, -0.1) is 0 Å². The third kappa shape index (κ3) is 3.57. The summed E-state index contributed by atoms with van der Waals surface area (Å²) in [5, 5.41) is 0. The molecule has 1 aromatic rings. The second-order valence-corrected chi connectivity index (χ2v) is 3.36. The highest BCUT2D eigenvalue weighted by Crippen LogP contribution is 2.09. The van der Waals surface area contributed by atoms with Gasteiger partial charge in [0.25, 0.3) is 0 Å². The Kier molecular flexibility index (Phi) is 3.64. The van der Waals surface area contributed by atoms with Gasteiger partial charge in [0.05, 0.1) is 0 Å². The van der Waals surface area contributed by atoms with Gasteiger partial charge in [0.15, 0.2) is 0 Å². The standard InChI is InChI=1S/C9H16N4O/c1-7-6-8(12-9(10)11-7)14-5-4-13(2)3/h6H,4-5H2,1-3H3,(H2,10,11,12). The lowest BCUT2D eigenvalue weighted by atomic mass is 10.4. The van der Waals surface area contributed by atoms with Gasteiger partial charge in [-0.05, 0) is 21.0 Å². The number of nitrogens with zero attached hydrogens (tertiary/aromatic N) is 3. The van der Waals surface area contributed by atoms with Gasteiger partial charge in [-0.1, -0.05) is 0 Å². The molecule has 0 bridgehead atoms. The molecule has 0 radical (unpaired) electrons. The molecule has 1 rings (SSSR count). The van der Waals surface area contributed by atoms with E-state index in [1.807, 2.05) is 25.9 Å². The smallest absolute Gasteiger partial charge is 0.223 e. The maximum absolute atomic E-state index is 5.48. The third-order valence-corrected chi connectivity index (χ3v) is 1.64. The minimum atomic E-state index is 0.254. The van der Waals surface area contributed by atoms with Gasteiger partial charge in [0.1, 0.15) is 6.61 Å². The number of nitrogens with two attached hydrogens (primary N) is 1. The van der Waals surface area contributed by atoms with Gasteiger partial charge in [-0.3, -0.25) is 0 Å². The summed E-state index contributed by atoms with van der Waals surface area (Å²) >= 11 is 0. The van der Waals surface area contributed by atoms with E-state index < -0.39 is 0 Å². The third-order valence-electron chi connectivity index (χ3n) is 1.64. The van der Waals surface area contributed by atoms with Crippen molar-refractivity contribution in [3.63, 3.8) is 0 Å². The van der Waals surface area contributed by atoms with Gasteiger partial charge in [0, 0.05) is 18.3 Å². The molecule has 0 atom stereocenters. The van der Waals surface area contributed by atoms with Gasteiger partial charge in [0.2, 0.25) is 11.8 Å². The van der Waals surface area contributed by atoms with Crippen molar-refractivity contribution >= 4 is 5.95 Å². The molecule has 78 valence electrons. The Morgan fingerprint density at radius 1 is 1.43 bits per heavy atom. The summed E-state index contributed by atoms with van der Waals surface area (Å²) in [4.78, 5) is 9.95. The number of likely N-dealkylation sites (N-methyl/N-ethyl adjacent to an activating group) is 1. The molecule has 0 aliphatic heterocycles. The first-order chi connectivity index (χ1) is 6.58. The van der Waals surface area contributed by atoms with Crippen molar-refractivity contribution in [3.8, 4) is 5.88 Å². The lowest BCUT2D eigenvalue weighted by molar-refractivity contribution is 0.253. The molecule has 0 aliphatic rings. The summed E-state index contributed by atoms with van der Waals surface area (Å²) in [6, 6.07) is 1.77. The first kappa shape index (κ1) is 10.7. The van der Waals surface area contributed by atoms with Crippen LogP contribution in [0.2, 0.25) is 0 Å². The van der Waals surface area contributed by atoms with Crippen LogP contribution in [0.3, 0.4) is 0 Å². The maximum atomic E-state index is 5.48. The predicted molar refractivity (Wildman–Crippen MR) is 55.2 cm³/mol. The van der Waals surface area contributed by atoms with Crippen LogP contribution in [0.15, 0.2) is 6.07 Å². The molecular weight excluding hydrogens is 180 g/mol. The topological polar surface area (TPSA) is 64.3 Å². The van der Waals surface area contributed by atoms with E-state index in [0.717, 1.165) is 12.2 Å². The molecule has 0 aromatic carbocycles. The summed E-state index contributed by atoms with van der Waals surface area (Å²) in [6.07, 6.45) is 0. The first-order valence-electron chi connectivity index (χ1n) is 4.46. The van der Waals surface area contributed by atoms with Crippen molar-refractivity contribution < 1.29 is 4.74 Å². The molecular formula is C9H16N4O. The molecule has 5 nitrogen and oxygen atoms in total. The van der Waals surface area contributed by atoms with Crippen molar-refractivity contribution in [1.29, 1.82) is 0 Å². The number of nitrogen functional groups attached to an aromatic ring is 1. The van der Waals surface area contributed by atoms with Gasteiger partial charge in [-0.2, -0.15) is 4.98 Å². The Bertz CT molecular complexity index is 281. The highest BCUT2D eigenvalue weighted by Gasteiger charge is 2.00. The van der Waals surface area contributed by atoms with Gasteiger partial charge < -0.3 is 15.4 Å². The summed E-state index contributed by atoms with van der Waals surface area (Å²) in [7, 11) is 3.98. The van der Waals surface area contributed by atoms with Crippen LogP contribution in [0.5, 0.6) is 5.88 Å². The summed E-state index contributed by atoms with van der Waals surface area (Å²) in [5.41, 5.74) is 6.30. The largest absolute Gasteiger partial charge is 0.476 e. The minimum Gasteiger partial charge on any atom is -0.476 e. The number of aromatic nitrogens is 2. The average molecular weight is 196 g/mol. The Morgan fingerprint density at radius 2 is 2.14 bits per heavy atom. The van der Waals surface area contributed by atoms with E-state index in [9.17, 15) is 0 Å². The number of ether oxygens (including phenoxy) is 1. The normalized spacial score (nSPS) is 10.6. The van der Waals surface area contributed by atoms with Crippen molar-refractivity contribution in [2.24, 2.45) is 0 Å². The molecule has 0 aliphatic carbocycles. The molecule has 0 amide bonds. The Balaban J connectivity index is 2.50. The van der Waals surface area contributed by atoms with Crippen LogP contribution in [0, 0.1) is 6.92 Å². The lowest BCUT2D eigenvalue weighted by Crippen LogP contribution is -2.19. The molecule has 1 heterocycles. The van der Waals surface area contributed by atoms with Crippen LogP contribution in [-0.4, -0.2) is 42.1 Å². The molecule has 5 heteroatoms. The van der Waals surface area contributed by atoms with Crippen LogP contribution in [0.1, 0.15) is 5.69 Å². The minimum absolute atomic E-state index is 0.254. The zero-order chi connectivity index (χ0) is 10.6. The van der Waals surface area contributed by atoms with Crippen molar-refractivity contribution in [2.75, 3.05) is 33.0 Å². The molecule has 0 saturated heterocycles. The molecule has 0 unspecified atom stereocenters. The van der Waals surface area contributed by atoms with E-state index in [2.05, 4.69) is 9.97 Å². The summed E-state index contributed by atoms with van der Waals surface area (Å²) < 4.78 is 5.41. The molecule has 0 saturated carbocycles. The van der Waals surface area contributed by atoms with Crippen LogP contribution in [-0.2, 0) is 0 Å². The highest BCUT2D eigenvalue weighted by atomic mass is 16.5. The average Bonchev–Trinajstić information content (AvgIpc) is 2.01. The highest BCUT2D eigenvalue weighted by molar-refractivity contribution is 5.25. The van der Waals surface area contributed by atoms with Crippen LogP contribution >= 0.6 is 0 Å². The zero-order valence-electron chi connectivity index (χ0n) is 8.82. The molecule has 0 fully saturated rings. The Hall–Kier alpha value is -1.36. The van der Waals surface area contributed by atoms with E-state index in [-0.39, 0.29) is 5.95 Å². The summed E-state index contributed by atoms with van der Waals surface area (Å²) in [5.74, 6) is 0.793. The molecule has 0 spiro atoms. The van der Waals surface area contributed by atoms with Crippen molar-refractivity contribution in [1.82, 2.24) is 14.9 Å². The fraction of sp³-hybridized carbons (Fsp3) is 0.556. The lowest BCUT2D eigenvalue weighted by Gasteiger charge is -2.10. The second-order valence-electron chi connectivity index (χ2n) is 3.36. The quantitative estimate of drug-likeness (QED) is 0.750. The fourth-order valence-electron chi connectivity index (χ4n) is 0.969. The zero-order valence-corrected chi connectivity index (χ0v) is 8.82. The van der Waals surface area contributed by atoms with Crippen molar-refractivity contribution in [3.05, 3.63) is 11.8 Å². The van der Waals surface area contributed by atoms with Crippen LogP contribution in [0.25, 0.3) is 0 Å². The second kappa shape index (κ2) is 4.76. The number of hydrogen-bond donors (Lipinski definition) is 1. The van der Waals surface area contributed by atoms with E-state index in [0.29, 0.717) is 12.5 Å². The molecule has 1 aromatic heterocycles. The van der Waals surface area contributed by atoms with Gasteiger partial charge >= 0.3 is 0 Å². The van der Waals surface area contributed by atoms with E-state index in [1.54, 1.807) is 6.07 Å². The number of rotatable bonds is 4. The Morgan fingerprint density at radius 3 is 2.71 bits per heavy atom. The molecule has 14 heavy (non-hydrogen) atoms. The Labute approximate surface area is 83.9 Å². The summed E-state index contributed by atoms with van der Waals surface area (Å²) in [6.45, 7) is 3.31. The fourth-order valence-corrected chi connectivity index (χ4v) is 0.969. The van der Waals surface area contributed by atoms with E-state index >= 15 is 0 Å².